The zero-order chi connectivity index (χ0) is 14.3. The summed E-state index contributed by atoms with van der Waals surface area (Å²) in [6, 6.07) is -0.534. The topological polar surface area (TPSA) is 87.1 Å². The van der Waals surface area contributed by atoms with Crippen molar-refractivity contribution in [1.29, 1.82) is 0 Å². The Morgan fingerprint density at radius 2 is 2.00 bits per heavy atom. The third-order valence-electron chi connectivity index (χ3n) is 2.60. The minimum Gasteiger partial charge on any atom is -0.480 e. The Kier molecular flexibility index (Phi) is 6.21. The summed E-state index contributed by atoms with van der Waals surface area (Å²) < 4.78 is 0. The molecule has 0 aromatic carbocycles. The van der Waals surface area contributed by atoms with E-state index >= 15 is 0 Å². The Morgan fingerprint density at radius 3 is 2.47 bits per heavy atom. The van der Waals surface area contributed by atoms with E-state index in [0.29, 0.717) is 24.8 Å². The number of carboxylic acid groups (broad SMARTS) is 1. The zero-order valence-electron chi connectivity index (χ0n) is 11.7. The monoisotopic (exact) mass is 266 g/mol. The Morgan fingerprint density at radius 1 is 1.37 bits per heavy atom. The second-order valence-electron chi connectivity index (χ2n) is 4.85. The van der Waals surface area contributed by atoms with E-state index in [2.05, 4.69) is 20.6 Å². The van der Waals surface area contributed by atoms with Gasteiger partial charge in [0.15, 0.2) is 0 Å². The molecule has 1 aromatic heterocycles. The van der Waals surface area contributed by atoms with Crippen LogP contribution in [0.4, 0.5) is 5.95 Å². The highest BCUT2D eigenvalue weighted by atomic mass is 16.4. The van der Waals surface area contributed by atoms with Gasteiger partial charge in [-0.2, -0.15) is 0 Å². The van der Waals surface area contributed by atoms with E-state index in [1.165, 1.54) is 0 Å². The van der Waals surface area contributed by atoms with Crippen LogP contribution in [0.2, 0.25) is 0 Å². The maximum atomic E-state index is 11.1. The molecule has 0 aliphatic rings. The molecular formula is C13H22N4O2. The van der Waals surface area contributed by atoms with Crippen molar-refractivity contribution < 1.29 is 9.90 Å². The van der Waals surface area contributed by atoms with E-state index in [4.69, 9.17) is 5.11 Å². The molecule has 19 heavy (non-hydrogen) atoms. The number of aliphatic carboxylic acids is 1. The minimum absolute atomic E-state index is 0.334. The number of carboxylic acids is 1. The molecule has 0 aliphatic heterocycles. The van der Waals surface area contributed by atoms with Crippen LogP contribution in [0.3, 0.4) is 0 Å². The molecular weight excluding hydrogens is 244 g/mol. The first-order chi connectivity index (χ1) is 9.02. The molecule has 0 radical (unpaired) electrons. The molecule has 0 saturated carbocycles. The first-order valence-corrected chi connectivity index (χ1v) is 6.54. The van der Waals surface area contributed by atoms with Gasteiger partial charge in [0, 0.05) is 31.0 Å². The second-order valence-corrected chi connectivity index (χ2v) is 4.85. The molecule has 1 atom stereocenters. The Labute approximate surface area is 113 Å². The summed E-state index contributed by atoms with van der Waals surface area (Å²) in [4.78, 5) is 19.4. The summed E-state index contributed by atoms with van der Waals surface area (Å²) in [7, 11) is 0. The summed E-state index contributed by atoms with van der Waals surface area (Å²) in [5.41, 5.74) is 0.872. The van der Waals surface area contributed by atoms with Gasteiger partial charge >= 0.3 is 5.97 Å². The Bertz CT molecular complexity index is 392. The van der Waals surface area contributed by atoms with Gasteiger partial charge in [0.25, 0.3) is 0 Å². The highest BCUT2D eigenvalue weighted by Crippen LogP contribution is 2.06. The summed E-state index contributed by atoms with van der Waals surface area (Å²) in [5, 5.41) is 15.1. The second kappa shape index (κ2) is 7.68. The van der Waals surface area contributed by atoms with Crippen LogP contribution in [0.15, 0.2) is 12.4 Å². The molecule has 0 saturated heterocycles. The van der Waals surface area contributed by atoms with E-state index in [9.17, 15) is 4.79 Å². The van der Waals surface area contributed by atoms with Gasteiger partial charge in [0.05, 0.1) is 0 Å². The average Bonchev–Trinajstić information content (AvgIpc) is 2.36. The van der Waals surface area contributed by atoms with Gasteiger partial charge in [-0.1, -0.05) is 13.8 Å². The third kappa shape index (κ3) is 5.65. The van der Waals surface area contributed by atoms with Crippen LogP contribution < -0.4 is 10.6 Å². The molecule has 6 heteroatoms. The SMILES string of the molecule is CCNc1ncc(CN[C@H](CC(C)C)C(=O)O)cn1. The maximum absolute atomic E-state index is 11.1. The molecule has 0 bridgehead atoms. The molecule has 0 aliphatic carbocycles. The van der Waals surface area contributed by atoms with Gasteiger partial charge in [-0.05, 0) is 19.3 Å². The lowest BCUT2D eigenvalue weighted by Crippen LogP contribution is -2.37. The average molecular weight is 266 g/mol. The van der Waals surface area contributed by atoms with E-state index in [0.717, 1.165) is 12.1 Å². The lowest BCUT2D eigenvalue weighted by atomic mass is 10.0. The van der Waals surface area contributed by atoms with Gasteiger partial charge in [0.1, 0.15) is 6.04 Å². The number of rotatable bonds is 8. The normalized spacial score (nSPS) is 12.4. The van der Waals surface area contributed by atoms with Gasteiger partial charge in [-0.25, -0.2) is 9.97 Å². The van der Waals surface area contributed by atoms with Crippen LogP contribution >= 0.6 is 0 Å². The van der Waals surface area contributed by atoms with Crippen LogP contribution in [-0.2, 0) is 11.3 Å². The van der Waals surface area contributed by atoms with Crippen LogP contribution in [-0.4, -0.2) is 33.6 Å². The fourth-order valence-electron chi connectivity index (χ4n) is 1.68. The molecule has 0 amide bonds. The van der Waals surface area contributed by atoms with Crippen molar-refractivity contribution >= 4 is 11.9 Å². The van der Waals surface area contributed by atoms with Crippen LogP contribution in [0.5, 0.6) is 0 Å². The maximum Gasteiger partial charge on any atom is 0.320 e. The van der Waals surface area contributed by atoms with E-state index in [1.54, 1.807) is 12.4 Å². The Hall–Kier alpha value is -1.69. The van der Waals surface area contributed by atoms with Crippen molar-refractivity contribution in [3.8, 4) is 0 Å². The standard InChI is InChI=1S/C13H22N4O2/c1-4-14-13-16-7-10(8-17-13)6-15-11(12(18)19)5-9(2)3/h7-9,11,15H,4-6H2,1-3H3,(H,18,19)(H,14,16,17)/t11-/m1/s1. The van der Waals surface area contributed by atoms with Crippen molar-refractivity contribution in [2.75, 3.05) is 11.9 Å². The Balaban J connectivity index is 2.51. The van der Waals surface area contributed by atoms with Gasteiger partial charge in [0.2, 0.25) is 5.95 Å². The molecule has 3 N–H and O–H groups in total. The number of aromatic nitrogens is 2. The molecule has 0 unspecified atom stereocenters. The van der Waals surface area contributed by atoms with E-state index in [-0.39, 0.29) is 0 Å². The van der Waals surface area contributed by atoms with Crippen LogP contribution in [0, 0.1) is 5.92 Å². The van der Waals surface area contributed by atoms with Crippen molar-refractivity contribution in [1.82, 2.24) is 15.3 Å². The quantitative estimate of drug-likeness (QED) is 0.661. The molecule has 0 spiro atoms. The van der Waals surface area contributed by atoms with Crippen LogP contribution in [0.25, 0.3) is 0 Å². The fraction of sp³-hybridized carbons (Fsp3) is 0.615. The number of hydrogen-bond donors (Lipinski definition) is 3. The lowest BCUT2D eigenvalue weighted by Gasteiger charge is -2.16. The predicted molar refractivity (Wildman–Crippen MR) is 73.9 cm³/mol. The molecule has 6 nitrogen and oxygen atoms in total. The zero-order valence-corrected chi connectivity index (χ0v) is 11.7. The van der Waals surface area contributed by atoms with Crippen molar-refractivity contribution in [2.45, 2.75) is 39.8 Å². The fourth-order valence-corrected chi connectivity index (χ4v) is 1.68. The highest BCUT2D eigenvalue weighted by molar-refractivity contribution is 5.73. The van der Waals surface area contributed by atoms with Gasteiger partial charge in [-0.3, -0.25) is 4.79 Å². The molecule has 106 valence electrons. The van der Waals surface area contributed by atoms with Gasteiger partial charge < -0.3 is 15.7 Å². The number of carbonyl (C=O) groups is 1. The number of hydrogen-bond acceptors (Lipinski definition) is 5. The summed E-state index contributed by atoms with van der Waals surface area (Å²) in [6.45, 7) is 7.21. The van der Waals surface area contributed by atoms with E-state index in [1.807, 2.05) is 20.8 Å². The first-order valence-electron chi connectivity index (χ1n) is 6.54. The van der Waals surface area contributed by atoms with Crippen LogP contribution in [0.1, 0.15) is 32.8 Å². The highest BCUT2D eigenvalue weighted by Gasteiger charge is 2.17. The van der Waals surface area contributed by atoms with Gasteiger partial charge in [-0.15, -0.1) is 0 Å². The lowest BCUT2D eigenvalue weighted by molar-refractivity contribution is -0.140. The first kappa shape index (κ1) is 15.4. The number of nitrogens with zero attached hydrogens (tertiary/aromatic N) is 2. The molecule has 1 heterocycles. The largest absolute Gasteiger partial charge is 0.480 e. The summed E-state index contributed by atoms with van der Waals surface area (Å²) >= 11 is 0. The van der Waals surface area contributed by atoms with Crippen molar-refractivity contribution in [3.63, 3.8) is 0 Å². The van der Waals surface area contributed by atoms with E-state index < -0.39 is 12.0 Å². The number of anilines is 1. The molecule has 1 aromatic rings. The number of nitrogens with one attached hydrogen (secondary N) is 2. The smallest absolute Gasteiger partial charge is 0.320 e. The van der Waals surface area contributed by atoms with Crippen molar-refractivity contribution in [3.05, 3.63) is 18.0 Å². The minimum atomic E-state index is -0.820. The van der Waals surface area contributed by atoms with Crippen molar-refractivity contribution in [2.24, 2.45) is 5.92 Å². The summed E-state index contributed by atoms with van der Waals surface area (Å²) in [6.07, 6.45) is 4.00. The molecule has 1 rings (SSSR count). The third-order valence-corrected chi connectivity index (χ3v) is 2.60. The summed E-state index contributed by atoms with van der Waals surface area (Å²) in [5.74, 6) is 0.100. The predicted octanol–water partition coefficient (Wildman–Crippen LogP) is 1.50. The molecule has 0 fully saturated rings.